The van der Waals surface area contributed by atoms with Crippen LogP contribution in [0.2, 0.25) is 0 Å². The number of carbonyl (C=O) groups is 1. The number of H-pyrrole nitrogens is 1. The largest absolute Gasteiger partial charge is 0.416 e. The predicted octanol–water partition coefficient (Wildman–Crippen LogP) is 5.39. The van der Waals surface area contributed by atoms with E-state index in [1.807, 2.05) is 24.3 Å². The Morgan fingerprint density at radius 3 is 2.59 bits per heavy atom. The quantitative estimate of drug-likeness (QED) is 0.493. The molecule has 4 rings (SSSR count). The molecule has 0 unspecified atom stereocenters. The fourth-order valence-electron chi connectivity index (χ4n) is 4.15. The zero-order chi connectivity index (χ0) is 24.3. The molecule has 1 amide bonds. The number of nitrogens with one attached hydrogen (secondary N) is 1. The van der Waals surface area contributed by atoms with E-state index in [0.29, 0.717) is 29.8 Å². The van der Waals surface area contributed by atoms with E-state index in [2.05, 4.69) is 16.9 Å². The Labute approximate surface area is 195 Å². The highest BCUT2D eigenvalue weighted by Crippen LogP contribution is 2.31. The molecular weight excluding hydrogens is 443 g/mol. The van der Waals surface area contributed by atoms with Gasteiger partial charge in [-0.2, -0.15) is 13.2 Å². The molecule has 1 aromatic heterocycles. The Morgan fingerprint density at radius 2 is 1.88 bits per heavy atom. The molecule has 178 valence electrons. The maximum Gasteiger partial charge on any atom is 0.416 e. The number of aromatic amines is 1. The Kier molecular flexibility index (Phi) is 6.86. The zero-order valence-corrected chi connectivity index (χ0v) is 18.9. The number of hydrogen-bond donors (Lipinski definition) is 1. The summed E-state index contributed by atoms with van der Waals surface area (Å²) in [7, 11) is 0. The lowest BCUT2D eigenvalue weighted by atomic mass is 10.0. The molecule has 0 bridgehead atoms. The highest BCUT2D eigenvalue weighted by Gasteiger charge is 2.31. The van der Waals surface area contributed by atoms with Crippen molar-refractivity contribution in [3.8, 4) is 11.4 Å². The number of fused-ring (bicyclic) bond motifs is 1. The summed E-state index contributed by atoms with van der Waals surface area (Å²) < 4.78 is 39.2. The minimum absolute atomic E-state index is 0.0910. The predicted molar refractivity (Wildman–Crippen MR) is 123 cm³/mol. The van der Waals surface area contributed by atoms with E-state index < -0.39 is 17.3 Å². The van der Waals surface area contributed by atoms with Gasteiger partial charge in [0.15, 0.2) is 0 Å². The number of amides is 1. The van der Waals surface area contributed by atoms with Crippen LogP contribution in [0.5, 0.6) is 0 Å². The highest BCUT2D eigenvalue weighted by molar-refractivity contribution is 5.94. The molecule has 0 radical (unpaired) electrons. The van der Waals surface area contributed by atoms with E-state index in [1.165, 1.54) is 24.1 Å². The van der Waals surface area contributed by atoms with Crippen LogP contribution in [0.3, 0.4) is 0 Å². The summed E-state index contributed by atoms with van der Waals surface area (Å²) >= 11 is 0. The van der Waals surface area contributed by atoms with Crippen LogP contribution in [0.15, 0.2) is 53.3 Å². The van der Waals surface area contributed by atoms with Gasteiger partial charge in [-0.3, -0.25) is 9.59 Å². The van der Waals surface area contributed by atoms with Gasteiger partial charge in [-0.1, -0.05) is 44.0 Å². The number of halogens is 3. The third-order valence-electron chi connectivity index (χ3n) is 6.09. The maximum absolute atomic E-state index is 13.1. The summed E-state index contributed by atoms with van der Waals surface area (Å²) in [4.78, 5) is 34.4. The van der Waals surface area contributed by atoms with Crippen LogP contribution >= 0.6 is 0 Å². The second-order valence-electron chi connectivity index (χ2n) is 8.55. The van der Waals surface area contributed by atoms with Crippen molar-refractivity contribution in [1.82, 2.24) is 14.9 Å². The summed E-state index contributed by atoms with van der Waals surface area (Å²) in [6, 6.07) is 12.3. The number of rotatable bonds is 6. The van der Waals surface area contributed by atoms with Gasteiger partial charge in [-0.25, -0.2) is 4.98 Å². The molecule has 2 aromatic carbocycles. The number of hydrogen-bond acceptors (Lipinski definition) is 3. The van der Waals surface area contributed by atoms with Gasteiger partial charge in [0, 0.05) is 24.1 Å². The van der Waals surface area contributed by atoms with Crippen LogP contribution in [0.1, 0.15) is 58.9 Å². The third-order valence-corrected chi connectivity index (χ3v) is 6.09. The molecule has 1 aliphatic heterocycles. The van der Waals surface area contributed by atoms with Crippen molar-refractivity contribution >= 4 is 5.91 Å². The number of aryl methyl sites for hydroxylation is 1. The third kappa shape index (κ3) is 5.21. The fourth-order valence-corrected chi connectivity index (χ4v) is 4.15. The first-order valence-electron chi connectivity index (χ1n) is 11.4. The van der Waals surface area contributed by atoms with Crippen LogP contribution in [-0.4, -0.2) is 27.3 Å². The average molecular weight is 470 g/mol. The topological polar surface area (TPSA) is 66.1 Å². The van der Waals surface area contributed by atoms with E-state index >= 15 is 0 Å². The van der Waals surface area contributed by atoms with Gasteiger partial charge in [-0.15, -0.1) is 0 Å². The normalized spacial score (nSPS) is 13.6. The number of carbonyl (C=O) groups excluding carboxylic acids is 1. The fraction of sp³-hybridized carbons (Fsp3) is 0.346. The number of alkyl halides is 3. The number of benzene rings is 2. The summed E-state index contributed by atoms with van der Waals surface area (Å²) in [5, 5.41) is 0. The lowest BCUT2D eigenvalue weighted by molar-refractivity contribution is -0.137. The molecule has 1 N–H and O–H groups in total. The molecule has 2 heterocycles. The molecule has 0 aliphatic carbocycles. The SMILES string of the molecule is CCCCCc1ccc(C(=O)N2CCc3nc(-c4cccc(C(F)(F)F)c4)[nH]c(=O)c3C2)cc1. The van der Waals surface area contributed by atoms with E-state index in [4.69, 9.17) is 0 Å². The van der Waals surface area contributed by atoms with Crippen LogP contribution in [0.4, 0.5) is 13.2 Å². The first kappa shape index (κ1) is 23.7. The molecule has 0 spiro atoms. The molecule has 34 heavy (non-hydrogen) atoms. The van der Waals surface area contributed by atoms with Crippen LogP contribution in [0, 0.1) is 0 Å². The summed E-state index contributed by atoms with van der Waals surface area (Å²) in [6.45, 7) is 2.64. The van der Waals surface area contributed by atoms with Crippen molar-refractivity contribution in [3.63, 3.8) is 0 Å². The molecule has 5 nitrogen and oxygen atoms in total. The lowest BCUT2D eigenvalue weighted by Gasteiger charge is -2.28. The van der Waals surface area contributed by atoms with Crippen molar-refractivity contribution in [2.24, 2.45) is 0 Å². The number of nitrogens with zero attached hydrogens (tertiary/aromatic N) is 2. The van der Waals surface area contributed by atoms with Crippen LogP contribution in [-0.2, 0) is 25.6 Å². The maximum atomic E-state index is 13.1. The van der Waals surface area contributed by atoms with Crippen molar-refractivity contribution in [1.29, 1.82) is 0 Å². The average Bonchev–Trinajstić information content (AvgIpc) is 2.83. The number of unbranched alkanes of at least 4 members (excludes halogenated alkanes) is 2. The monoisotopic (exact) mass is 469 g/mol. The summed E-state index contributed by atoms with van der Waals surface area (Å²) in [5.41, 5.74) is 1.56. The smallest absolute Gasteiger partial charge is 0.334 e. The molecule has 0 atom stereocenters. The van der Waals surface area contributed by atoms with E-state index in [1.54, 1.807) is 4.90 Å². The van der Waals surface area contributed by atoms with Crippen molar-refractivity contribution in [2.75, 3.05) is 6.54 Å². The molecule has 3 aromatic rings. The Hall–Kier alpha value is -3.42. The first-order chi connectivity index (χ1) is 16.3. The van der Waals surface area contributed by atoms with E-state index in [0.717, 1.165) is 31.4 Å². The number of aromatic nitrogens is 2. The van der Waals surface area contributed by atoms with Gasteiger partial charge >= 0.3 is 6.18 Å². The Bertz CT molecular complexity index is 1230. The zero-order valence-electron chi connectivity index (χ0n) is 18.9. The first-order valence-corrected chi connectivity index (χ1v) is 11.4. The molecule has 0 saturated heterocycles. The van der Waals surface area contributed by atoms with Crippen LogP contribution in [0.25, 0.3) is 11.4 Å². The van der Waals surface area contributed by atoms with Crippen LogP contribution < -0.4 is 5.56 Å². The standard InChI is InChI=1S/C26H26F3N3O2/c1-2-3-4-6-17-9-11-18(12-10-17)25(34)32-14-13-22-21(16-32)24(33)31-23(30-22)19-7-5-8-20(15-19)26(27,28)29/h5,7-12,15H,2-4,6,13-14,16H2,1H3,(H,30,31,33). The van der Waals surface area contributed by atoms with Crippen molar-refractivity contribution < 1.29 is 18.0 Å². The molecule has 8 heteroatoms. The van der Waals surface area contributed by atoms with Crippen molar-refractivity contribution in [2.45, 2.75) is 51.7 Å². The Morgan fingerprint density at radius 1 is 1.12 bits per heavy atom. The van der Waals surface area contributed by atoms with Gasteiger partial charge in [0.2, 0.25) is 0 Å². The van der Waals surface area contributed by atoms with Gasteiger partial charge < -0.3 is 9.88 Å². The van der Waals surface area contributed by atoms with Gasteiger partial charge in [-0.05, 0) is 42.7 Å². The second kappa shape index (κ2) is 9.83. The molecular formula is C26H26F3N3O2. The minimum atomic E-state index is -4.49. The lowest BCUT2D eigenvalue weighted by Crippen LogP contribution is -2.39. The van der Waals surface area contributed by atoms with Gasteiger partial charge in [0.05, 0.1) is 23.4 Å². The van der Waals surface area contributed by atoms with Gasteiger partial charge in [0.25, 0.3) is 11.5 Å². The van der Waals surface area contributed by atoms with Crippen molar-refractivity contribution in [3.05, 3.63) is 86.8 Å². The molecule has 1 aliphatic rings. The highest BCUT2D eigenvalue weighted by atomic mass is 19.4. The minimum Gasteiger partial charge on any atom is -0.334 e. The van der Waals surface area contributed by atoms with Gasteiger partial charge in [0.1, 0.15) is 5.82 Å². The molecule has 0 fully saturated rings. The Balaban J connectivity index is 1.51. The second-order valence-corrected chi connectivity index (χ2v) is 8.55. The molecule has 0 saturated carbocycles. The summed E-state index contributed by atoms with van der Waals surface area (Å²) in [5.74, 6) is -0.0691. The van der Waals surface area contributed by atoms with E-state index in [-0.39, 0.29) is 23.8 Å². The summed E-state index contributed by atoms with van der Waals surface area (Å²) in [6.07, 6.45) is 0.291. The van der Waals surface area contributed by atoms with E-state index in [9.17, 15) is 22.8 Å².